The molecule has 188 valence electrons. The lowest BCUT2D eigenvalue weighted by Crippen LogP contribution is -2.72. The molecule has 0 bridgehead atoms. The molecule has 0 heterocycles. The van der Waals surface area contributed by atoms with Crippen LogP contribution in [0.5, 0.6) is 0 Å². The first-order valence-electron chi connectivity index (χ1n) is 13.5. The van der Waals surface area contributed by atoms with Crippen LogP contribution < -0.4 is 0 Å². The number of hydrogen-bond donors (Lipinski definition) is 4. The van der Waals surface area contributed by atoms with Crippen LogP contribution in [-0.4, -0.2) is 43.8 Å². The fourth-order valence-corrected chi connectivity index (χ4v) is 8.32. The first kappa shape index (κ1) is 25.4. The van der Waals surface area contributed by atoms with Crippen molar-refractivity contribution in [2.45, 2.75) is 116 Å². The number of allylic oxidation sites excluding steroid dienone is 2. The molecule has 0 aliphatic heterocycles. The van der Waals surface area contributed by atoms with Gasteiger partial charge in [-0.25, -0.2) is 0 Å². The predicted octanol–water partition coefficient (Wildman–Crippen LogP) is 5.00. The van der Waals surface area contributed by atoms with Gasteiger partial charge in [-0.15, -0.1) is 0 Å². The highest BCUT2D eigenvalue weighted by atomic mass is 16.4. The van der Waals surface area contributed by atoms with Crippen LogP contribution in [0.1, 0.15) is 92.9 Å². The normalized spacial score (nSPS) is 49.4. The predicted molar refractivity (Wildman–Crippen MR) is 132 cm³/mol. The first-order chi connectivity index (χ1) is 15.3. The third-order valence-corrected chi connectivity index (χ3v) is 11.2. The molecular weight excluding hydrogens is 412 g/mol. The molecule has 0 radical (unpaired) electrons. The zero-order valence-electron chi connectivity index (χ0n) is 21.7. The number of rotatable bonds is 5. The SMILES string of the molecule is CC(C)C(C)CC=CC(C)C1CCC2C3=CC(O)C4(O)CC(O)CCC4(C)C3(O)CCC21C. The van der Waals surface area contributed by atoms with Crippen molar-refractivity contribution in [2.24, 2.45) is 40.4 Å². The van der Waals surface area contributed by atoms with Gasteiger partial charge in [-0.1, -0.05) is 59.8 Å². The van der Waals surface area contributed by atoms with E-state index >= 15 is 0 Å². The molecule has 0 aromatic rings. The van der Waals surface area contributed by atoms with E-state index in [0.717, 1.165) is 31.3 Å². The zero-order chi connectivity index (χ0) is 24.4. The molecule has 3 fully saturated rings. The summed E-state index contributed by atoms with van der Waals surface area (Å²) in [7, 11) is 0. The minimum Gasteiger partial charge on any atom is -0.393 e. The van der Waals surface area contributed by atoms with Gasteiger partial charge < -0.3 is 20.4 Å². The summed E-state index contributed by atoms with van der Waals surface area (Å²) in [6.45, 7) is 13.6. The van der Waals surface area contributed by atoms with Crippen molar-refractivity contribution in [2.75, 3.05) is 0 Å². The number of fused-ring (bicyclic) bond motifs is 5. The molecule has 0 aromatic heterocycles. The Bertz CT molecular complexity index is 803. The van der Waals surface area contributed by atoms with Crippen molar-refractivity contribution in [3.05, 3.63) is 23.8 Å². The highest BCUT2D eigenvalue weighted by Gasteiger charge is 2.70. The molecule has 33 heavy (non-hydrogen) atoms. The van der Waals surface area contributed by atoms with Gasteiger partial charge in [0.15, 0.2) is 0 Å². The van der Waals surface area contributed by atoms with Gasteiger partial charge in [-0.3, -0.25) is 0 Å². The molecule has 4 aliphatic rings. The Morgan fingerprint density at radius 2 is 1.70 bits per heavy atom. The summed E-state index contributed by atoms with van der Waals surface area (Å²) < 4.78 is 0. The monoisotopic (exact) mass is 460 g/mol. The summed E-state index contributed by atoms with van der Waals surface area (Å²) in [5, 5.41) is 45.2. The van der Waals surface area contributed by atoms with E-state index in [9.17, 15) is 20.4 Å². The van der Waals surface area contributed by atoms with Crippen molar-refractivity contribution in [1.82, 2.24) is 0 Å². The van der Waals surface area contributed by atoms with Crippen LogP contribution in [0.4, 0.5) is 0 Å². The molecule has 4 aliphatic carbocycles. The second-order valence-electron chi connectivity index (χ2n) is 13.1. The highest BCUT2D eigenvalue weighted by Crippen LogP contribution is 2.69. The molecule has 0 amide bonds. The summed E-state index contributed by atoms with van der Waals surface area (Å²) in [4.78, 5) is 0. The lowest BCUT2D eigenvalue weighted by molar-refractivity contribution is -0.258. The molecule has 4 rings (SSSR count). The van der Waals surface area contributed by atoms with Crippen molar-refractivity contribution in [3.63, 3.8) is 0 Å². The van der Waals surface area contributed by atoms with E-state index in [1.165, 1.54) is 0 Å². The Kier molecular flexibility index (Phi) is 6.52. The summed E-state index contributed by atoms with van der Waals surface area (Å²) in [6, 6.07) is 0. The van der Waals surface area contributed by atoms with Gasteiger partial charge in [0.25, 0.3) is 0 Å². The van der Waals surface area contributed by atoms with E-state index in [1.54, 1.807) is 6.08 Å². The first-order valence-corrected chi connectivity index (χ1v) is 13.5. The van der Waals surface area contributed by atoms with E-state index < -0.39 is 28.8 Å². The average Bonchev–Trinajstić information content (AvgIpc) is 3.09. The van der Waals surface area contributed by atoms with Crippen molar-refractivity contribution >= 4 is 0 Å². The molecule has 0 saturated heterocycles. The maximum Gasteiger partial charge on any atom is 0.105 e. The third kappa shape index (κ3) is 3.61. The molecule has 4 N–H and O–H groups in total. The molecule has 0 spiro atoms. The van der Waals surface area contributed by atoms with Gasteiger partial charge in [-0.2, -0.15) is 0 Å². The molecule has 0 aromatic carbocycles. The topological polar surface area (TPSA) is 80.9 Å². The van der Waals surface area contributed by atoms with Crippen LogP contribution in [-0.2, 0) is 0 Å². The Morgan fingerprint density at radius 1 is 1.00 bits per heavy atom. The van der Waals surface area contributed by atoms with Crippen molar-refractivity contribution in [3.8, 4) is 0 Å². The molecule has 3 saturated carbocycles. The molecule has 4 nitrogen and oxygen atoms in total. The average molecular weight is 461 g/mol. The largest absolute Gasteiger partial charge is 0.393 e. The summed E-state index contributed by atoms with van der Waals surface area (Å²) in [6.07, 6.45) is 10.9. The maximum atomic E-state index is 12.2. The van der Waals surface area contributed by atoms with Gasteiger partial charge in [-0.05, 0) is 85.5 Å². The molecule has 4 heteroatoms. The second-order valence-corrected chi connectivity index (χ2v) is 13.1. The lowest BCUT2D eigenvalue weighted by atomic mass is 9.43. The van der Waals surface area contributed by atoms with Gasteiger partial charge >= 0.3 is 0 Å². The Labute approximate surface area is 201 Å². The van der Waals surface area contributed by atoms with Gasteiger partial charge in [0.05, 0.1) is 11.7 Å². The summed E-state index contributed by atoms with van der Waals surface area (Å²) in [5.41, 5.74) is -2.39. The number of aliphatic hydroxyl groups is 4. The van der Waals surface area contributed by atoms with E-state index in [0.29, 0.717) is 42.9 Å². The zero-order valence-corrected chi connectivity index (χ0v) is 21.7. The highest BCUT2D eigenvalue weighted by molar-refractivity contribution is 5.40. The Hall–Kier alpha value is -0.680. The molecule has 10 unspecified atom stereocenters. The van der Waals surface area contributed by atoms with E-state index in [4.69, 9.17) is 0 Å². The van der Waals surface area contributed by atoms with Gasteiger partial charge in [0.1, 0.15) is 11.7 Å². The van der Waals surface area contributed by atoms with Gasteiger partial charge in [0.2, 0.25) is 0 Å². The van der Waals surface area contributed by atoms with E-state index in [2.05, 4.69) is 46.8 Å². The standard InChI is InChI=1S/C29H48O4/c1-18(2)19(3)8-7-9-20(4)22-10-11-23-24-16-25(31)29(33)17-21(30)12-13-27(29,6)28(24,32)15-14-26(22,23)5/h7,9,16,18-23,25,30-33H,8,10-15,17H2,1-6H3. The van der Waals surface area contributed by atoms with Crippen molar-refractivity contribution < 1.29 is 20.4 Å². The summed E-state index contributed by atoms with van der Waals surface area (Å²) in [5.74, 6) is 2.65. The lowest BCUT2D eigenvalue weighted by Gasteiger charge is -2.65. The molecular formula is C29H48O4. The Morgan fingerprint density at radius 3 is 2.36 bits per heavy atom. The van der Waals surface area contributed by atoms with Crippen molar-refractivity contribution in [1.29, 1.82) is 0 Å². The summed E-state index contributed by atoms with van der Waals surface area (Å²) >= 11 is 0. The van der Waals surface area contributed by atoms with Crippen LogP contribution in [0.15, 0.2) is 23.8 Å². The van der Waals surface area contributed by atoms with Crippen LogP contribution in [0.3, 0.4) is 0 Å². The maximum absolute atomic E-state index is 12.2. The van der Waals surface area contributed by atoms with Crippen LogP contribution >= 0.6 is 0 Å². The van der Waals surface area contributed by atoms with E-state index in [1.807, 2.05) is 6.92 Å². The molecule has 10 atom stereocenters. The van der Waals surface area contributed by atoms with Crippen LogP contribution in [0.25, 0.3) is 0 Å². The van der Waals surface area contributed by atoms with Crippen LogP contribution in [0, 0.1) is 40.4 Å². The number of hydrogen-bond acceptors (Lipinski definition) is 4. The minimum absolute atomic E-state index is 0.0885. The quantitative estimate of drug-likeness (QED) is 0.435. The van der Waals surface area contributed by atoms with Gasteiger partial charge in [0, 0.05) is 11.8 Å². The fourth-order valence-electron chi connectivity index (χ4n) is 8.32. The minimum atomic E-state index is -1.49. The Balaban J connectivity index is 1.61. The van der Waals surface area contributed by atoms with E-state index in [-0.39, 0.29) is 17.8 Å². The van der Waals surface area contributed by atoms with Crippen LogP contribution in [0.2, 0.25) is 0 Å². The fraction of sp³-hybridized carbons (Fsp3) is 0.862. The number of aliphatic hydroxyl groups excluding tert-OH is 2. The smallest absolute Gasteiger partial charge is 0.105 e. The third-order valence-electron chi connectivity index (χ3n) is 11.2. The second kappa shape index (κ2) is 8.47.